The maximum absolute atomic E-state index is 13.4. The quantitative estimate of drug-likeness (QED) is 0.227. The Morgan fingerprint density at radius 3 is 2.43 bits per heavy atom. The summed E-state index contributed by atoms with van der Waals surface area (Å²) in [6, 6.07) is 12.5. The molecule has 9 nitrogen and oxygen atoms in total. The second-order valence-corrected chi connectivity index (χ2v) is 11.3. The zero-order valence-electron chi connectivity index (χ0n) is 24.1. The number of carbonyl (C=O) groups is 3. The second kappa shape index (κ2) is 12.0. The van der Waals surface area contributed by atoms with Crippen LogP contribution in [0.4, 0.5) is 5.69 Å². The third-order valence-electron chi connectivity index (χ3n) is 7.90. The van der Waals surface area contributed by atoms with Gasteiger partial charge in [0.05, 0.1) is 11.9 Å². The van der Waals surface area contributed by atoms with Crippen molar-refractivity contribution in [3.8, 4) is 11.4 Å². The lowest BCUT2D eigenvalue weighted by molar-refractivity contribution is -0.131. The zero-order valence-corrected chi connectivity index (χ0v) is 24.1. The smallest absolute Gasteiger partial charge is 0.328 e. The molecule has 0 saturated heterocycles. The van der Waals surface area contributed by atoms with Crippen LogP contribution in [-0.4, -0.2) is 43.0 Å². The molecular weight excluding hydrogens is 530 g/mol. The summed E-state index contributed by atoms with van der Waals surface area (Å²) in [7, 11) is 2.00. The predicted octanol–water partition coefficient (Wildman–Crippen LogP) is 5.93. The molecule has 2 aromatic carbocycles. The van der Waals surface area contributed by atoms with E-state index in [9.17, 15) is 14.4 Å². The van der Waals surface area contributed by atoms with Crippen LogP contribution < -0.4 is 10.6 Å². The van der Waals surface area contributed by atoms with Crippen molar-refractivity contribution in [3.63, 3.8) is 0 Å². The Hall–Kier alpha value is -4.79. The summed E-state index contributed by atoms with van der Waals surface area (Å²) in [5.41, 5.74) is 4.52. The number of aryl methyl sites for hydroxylation is 1. The summed E-state index contributed by atoms with van der Waals surface area (Å²) in [4.78, 5) is 46.2. The molecule has 0 aliphatic heterocycles. The average molecular weight is 566 g/mol. The molecule has 2 aromatic heterocycles. The van der Waals surface area contributed by atoms with Crippen LogP contribution in [0.25, 0.3) is 28.4 Å². The number of hydrogen-bond donors (Lipinski definition) is 3. The summed E-state index contributed by atoms with van der Waals surface area (Å²) in [5.74, 6) is -1.35. The average Bonchev–Trinajstić information content (AvgIpc) is 3.28. The third-order valence-corrected chi connectivity index (χ3v) is 7.90. The topological polar surface area (TPSA) is 126 Å². The summed E-state index contributed by atoms with van der Waals surface area (Å²) in [6.07, 6.45) is 13.6. The Bertz CT molecular complexity index is 1650. The van der Waals surface area contributed by atoms with Crippen molar-refractivity contribution in [1.82, 2.24) is 19.9 Å². The molecule has 3 N–H and O–H groups in total. The van der Waals surface area contributed by atoms with E-state index in [0.717, 1.165) is 41.2 Å². The highest BCUT2D eigenvalue weighted by atomic mass is 16.4. The Labute approximate surface area is 244 Å². The molecule has 9 heteroatoms. The maximum Gasteiger partial charge on any atom is 0.328 e. The Balaban J connectivity index is 1.38. The van der Waals surface area contributed by atoms with Gasteiger partial charge < -0.3 is 20.3 Å². The van der Waals surface area contributed by atoms with E-state index in [1.165, 1.54) is 30.9 Å². The van der Waals surface area contributed by atoms with Crippen molar-refractivity contribution in [1.29, 1.82) is 0 Å². The van der Waals surface area contributed by atoms with E-state index < -0.39 is 11.5 Å². The van der Waals surface area contributed by atoms with Crippen molar-refractivity contribution >= 4 is 40.4 Å². The molecule has 1 saturated carbocycles. The van der Waals surface area contributed by atoms with Gasteiger partial charge in [-0.05, 0) is 74.1 Å². The third kappa shape index (κ3) is 6.10. The molecule has 2 amide bonds. The number of carboxylic acids is 1. The first-order valence-corrected chi connectivity index (χ1v) is 14.2. The number of carbonyl (C=O) groups excluding carboxylic acids is 2. The Morgan fingerprint density at radius 2 is 1.76 bits per heavy atom. The molecule has 4 aromatic rings. The van der Waals surface area contributed by atoms with Gasteiger partial charge in [0.25, 0.3) is 5.91 Å². The number of anilines is 1. The van der Waals surface area contributed by atoms with Crippen LogP contribution in [0.15, 0.2) is 67.1 Å². The maximum atomic E-state index is 13.4. The van der Waals surface area contributed by atoms with Crippen LogP contribution in [0.5, 0.6) is 0 Å². The summed E-state index contributed by atoms with van der Waals surface area (Å²) in [5, 5.41) is 15.6. The fraction of sp³-hybridized carbons (Fsp3) is 0.303. The highest BCUT2D eigenvalue weighted by Crippen LogP contribution is 2.43. The number of carboxylic acid groups (broad SMARTS) is 1. The molecule has 0 bridgehead atoms. The molecule has 1 aliphatic carbocycles. The van der Waals surface area contributed by atoms with Gasteiger partial charge in [-0.15, -0.1) is 0 Å². The molecule has 0 spiro atoms. The number of hydrogen-bond acceptors (Lipinski definition) is 5. The van der Waals surface area contributed by atoms with E-state index in [0.29, 0.717) is 22.7 Å². The number of nitrogens with zero attached hydrogens (tertiary/aromatic N) is 3. The lowest BCUT2D eigenvalue weighted by Gasteiger charge is -2.25. The van der Waals surface area contributed by atoms with E-state index in [-0.39, 0.29) is 11.8 Å². The number of aromatic nitrogens is 3. The largest absolute Gasteiger partial charge is 0.478 e. The molecule has 1 aliphatic rings. The van der Waals surface area contributed by atoms with Crippen molar-refractivity contribution in [2.45, 2.75) is 57.4 Å². The predicted molar refractivity (Wildman–Crippen MR) is 163 cm³/mol. The fourth-order valence-corrected chi connectivity index (χ4v) is 5.69. The van der Waals surface area contributed by atoms with Gasteiger partial charge in [-0.2, -0.15) is 0 Å². The molecule has 0 unspecified atom stereocenters. The number of nitrogens with one attached hydrogen (secondary N) is 2. The van der Waals surface area contributed by atoms with E-state index in [1.807, 2.05) is 25.2 Å². The van der Waals surface area contributed by atoms with Crippen LogP contribution in [-0.2, 0) is 16.6 Å². The van der Waals surface area contributed by atoms with Crippen LogP contribution in [0.1, 0.15) is 73.4 Å². The number of amides is 2. The first kappa shape index (κ1) is 28.7. The molecular formula is C33H35N5O4. The minimum absolute atomic E-state index is 0.354. The van der Waals surface area contributed by atoms with E-state index in [1.54, 1.807) is 56.7 Å². The summed E-state index contributed by atoms with van der Waals surface area (Å²) >= 11 is 0. The molecule has 0 atom stereocenters. The van der Waals surface area contributed by atoms with Gasteiger partial charge in [0, 0.05) is 47.7 Å². The standard InChI is InChI=1S/C33H35N5O4/c1-33(2,32(42)36-24-13-9-21(10-14-24)11-16-28(39)40)37-31(41)23-12-15-25-27(19-23)38(3)30(26-20-34-17-18-35-26)29(25)22-7-5-4-6-8-22/h9-20,22H,4-8H2,1-3H3,(H,36,42)(H,37,41)(H,39,40)/b16-11+. The number of aliphatic carboxylic acids is 1. The van der Waals surface area contributed by atoms with Crippen molar-refractivity contribution in [2.75, 3.05) is 5.32 Å². The van der Waals surface area contributed by atoms with Gasteiger partial charge in [-0.25, -0.2) is 4.79 Å². The molecule has 5 rings (SSSR count). The Kier molecular flexibility index (Phi) is 8.20. The highest BCUT2D eigenvalue weighted by Gasteiger charge is 2.31. The van der Waals surface area contributed by atoms with Crippen LogP contribution in [0.3, 0.4) is 0 Å². The van der Waals surface area contributed by atoms with Crippen LogP contribution >= 0.6 is 0 Å². The molecule has 0 radical (unpaired) electrons. The summed E-state index contributed by atoms with van der Waals surface area (Å²) in [6.45, 7) is 3.30. The van der Waals surface area contributed by atoms with Gasteiger partial charge in [0.1, 0.15) is 11.2 Å². The molecule has 216 valence electrons. The van der Waals surface area contributed by atoms with Gasteiger partial charge in [-0.1, -0.05) is 37.5 Å². The van der Waals surface area contributed by atoms with E-state index in [2.05, 4.69) is 25.2 Å². The van der Waals surface area contributed by atoms with Gasteiger partial charge in [-0.3, -0.25) is 19.6 Å². The lowest BCUT2D eigenvalue weighted by atomic mass is 9.82. The first-order valence-electron chi connectivity index (χ1n) is 14.2. The van der Waals surface area contributed by atoms with Gasteiger partial charge >= 0.3 is 5.97 Å². The van der Waals surface area contributed by atoms with Crippen molar-refractivity contribution in [3.05, 3.63) is 83.8 Å². The van der Waals surface area contributed by atoms with Gasteiger partial charge in [0.15, 0.2) is 0 Å². The Morgan fingerprint density at radius 1 is 1.02 bits per heavy atom. The SMILES string of the molecule is Cn1c(-c2cnccn2)c(C2CCCCC2)c2ccc(C(=O)NC(C)(C)C(=O)Nc3ccc(/C=C/C(=O)O)cc3)cc21. The zero-order chi connectivity index (χ0) is 29.9. The summed E-state index contributed by atoms with van der Waals surface area (Å²) < 4.78 is 2.10. The van der Waals surface area contributed by atoms with Crippen LogP contribution in [0.2, 0.25) is 0 Å². The molecule has 1 fully saturated rings. The monoisotopic (exact) mass is 565 g/mol. The fourth-order valence-electron chi connectivity index (χ4n) is 5.69. The molecule has 2 heterocycles. The minimum Gasteiger partial charge on any atom is -0.478 e. The molecule has 42 heavy (non-hydrogen) atoms. The number of benzene rings is 2. The van der Waals surface area contributed by atoms with Crippen LogP contribution in [0, 0.1) is 0 Å². The number of fused-ring (bicyclic) bond motifs is 1. The van der Waals surface area contributed by atoms with Gasteiger partial charge in [0.2, 0.25) is 5.91 Å². The lowest BCUT2D eigenvalue weighted by Crippen LogP contribution is -2.52. The second-order valence-electron chi connectivity index (χ2n) is 11.3. The minimum atomic E-state index is -1.21. The normalized spacial score (nSPS) is 14.3. The highest BCUT2D eigenvalue weighted by molar-refractivity contribution is 6.05. The van der Waals surface area contributed by atoms with E-state index in [4.69, 9.17) is 5.11 Å². The van der Waals surface area contributed by atoms with E-state index >= 15 is 0 Å². The number of rotatable bonds is 8. The van der Waals surface area contributed by atoms with Crippen molar-refractivity contribution < 1.29 is 19.5 Å². The van der Waals surface area contributed by atoms with Crippen molar-refractivity contribution in [2.24, 2.45) is 7.05 Å². The first-order chi connectivity index (χ1) is 20.1.